The molecule has 0 aliphatic carbocycles. The molecule has 0 aliphatic rings. The predicted molar refractivity (Wildman–Crippen MR) is 106 cm³/mol. The van der Waals surface area contributed by atoms with E-state index >= 15 is 0 Å². The summed E-state index contributed by atoms with van der Waals surface area (Å²) in [5.41, 5.74) is 5.56. The first-order valence-corrected chi connectivity index (χ1v) is 8.95. The smallest absolute Gasteiger partial charge is 0.274 e. The van der Waals surface area contributed by atoms with Crippen LogP contribution in [0.3, 0.4) is 0 Å². The van der Waals surface area contributed by atoms with E-state index in [1.54, 1.807) is 36.7 Å². The highest BCUT2D eigenvalue weighted by atomic mass is 16.6. The molecule has 6 nitrogen and oxygen atoms in total. The molecule has 28 heavy (non-hydrogen) atoms. The molecule has 0 spiro atoms. The summed E-state index contributed by atoms with van der Waals surface area (Å²) in [5.74, 6) is -0.388. The van der Waals surface area contributed by atoms with Crippen LogP contribution in [0.5, 0.6) is 0 Å². The molecule has 0 atom stereocenters. The second-order valence-corrected chi connectivity index (χ2v) is 6.19. The van der Waals surface area contributed by atoms with Gasteiger partial charge in [0, 0.05) is 18.2 Å². The van der Waals surface area contributed by atoms with E-state index in [1.165, 1.54) is 0 Å². The summed E-state index contributed by atoms with van der Waals surface area (Å²) < 4.78 is 0. The molecule has 0 fully saturated rings. The molecular weight excluding hydrogens is 354 g/mol. The minimum absolute atomic E-state index is 0.0795. The van der Waals surface area contributed by atoms with Gasteiger partial charge < -0.3 is 5.32 Å². The summed E-state index contributed by atoms with van der Waals surface area (Å²) in [6, 6.07) is 20.3. The van der Waals surface area contributed by atoms with E-state index in [4.69, 9.17) is 4.84 Å². The van der Waals surface area contributed by atoms with Gasteiger partial charge in [-0.15, -0.1) is 0 Å². The van der Waals surface area contributed by atoms with Gasteiger partial charge in [-0.05, 0) is 41.8 Å². The van der Waals surface area contributed by atoms with Gasteiger partial charge in [0.1, 0.15) is 0 Å². The van der Waals surface area contributed by atoms with Crippen molar-refractivity contribution in [3.8, 4) is 0 Å². The number of carbonyl (C=O) groups is 2. The van der Waals surface area contributed by atoms with Crippen LogP contribution in [-0.4, -0.2) is 16.8 Å². The average Bonchev–Trinajstić information content (AvgIpc) is 2.74. The number of hydrogen-bond acceptors (Lipinski definition) is 4. The Hall–Kier alpha value is -3.51. The zero-order chi connectivity index (χ0) is 19.6. The lowest BCUT2D eigenvalue weighted by atomic mass is 10.1. The molecule has 3 rings (SSSR count). The van der Waals surface area contributed by atoms with Crippen LogP contribution in [0.4, 0.5) is 5.69 Å². The monoisotopic (exact) mass is 375 g/mol. The van der Waals surface area contributed by atoms with E-state index in [0.29, 0.717) is 30.7 Å². The van der Waals surface area contributed by atoms with Crippen molar-refractivity contribution in [1.82, 2.24) is 10.5 Å². The maximum absolute atomic E-state index is 12.1. The lowest BCUT2D eigenvalue weighted by Gasteiger charge is -2.07. The van der Waals surface area contributed by atoms with Gasteiger partial charge in [-0.3, -0.25) is 19.4 Å². The average molecular weight is 375 g/mol. The van der Waals surface area contributed by atoms with Gasteiger partial charge in [0.2, 0.25) is 5.91 Å². The Morgan fingerprint density at radius 1 is 0.893 bits per heavy atom. The van der Waals surface area contributed by atoms with Crippen LogP contribution in [-0.2, 0) is 22.7 Å². The molecule has 2 aromatic carbocycles. The Kier molecular flexibility index (Phi) is 6.87. The van der Waals surface area contributed by atoms with Gasteiger partial charge in [0.15, 0.2) is 0 Å². The number of nitrogens with one attached hydrogen (secondary N) is 2. The maximum Gasteiger partial charge on any atom is 0.274 e. The van der Waals surface area contributed by atoms with E-state index in [-0.39, 0.29) is 11.8 Å². The predicted octanol–water partition coefficient (Wildman–Crippen LogP) is 3.51. The van der Waals surface area contributed by atoms with Crippen molar-refractivity contribution in [2.45, 2.75) is 19.4 Å². The second kappa shape index (κ2) is 9.99. The fourth-order valence-corrected chi connectivity index (χ4v) is 2.56. The lowest BCUT2D eigenvalue weighted by molar-refractivity contribution is -0.116. The van der Waals surface area contributed by atoms with Crippen molar-refractivity contribution in [1.29, 1.82) is 0 Å². The number of hydrogen-bond donors (Lipinski definition) is 2. The van der Waals surface area contributed by atoms with Crippen LogP contribution in [0, 0.1) is 0 Å². The van der Waals surface area contributed by atoms with Crippen LogP contribution in [0.25, 0.3) is 0 Å². The van der Waals surface area contributed by atoms with E-state index in [9.17, 15) is 9.59 Å². The van der Waals surface area contributed by atoms with E-state index in [2.05, 4.69) is 15.8 Å². The van der Waals surface area contributed by atoms with E-state index in [1.807, 2.05) is 42.5 Å². The third-order valence-corrected chi connectivity index (χ3v) is 4.05. The van der Waals surface area contributed by atoms with Gasteiger partial charge in [-0.1, -0.05) is 42.5 Å². The summed E-state index contributed by atoms with van der Waals surface area (Å²) in [7, 11) is 0. The van der Waals surface area contributed by atoms with Crippen molar-refractivity contribution >= 4 is 17.5 Å². The molecule has 6 heteroatoms. The number of carbonyl (C=O) groups excluding carboxylic acids is 2. The van der Waals surface area contributed by atoms with E-state index in [0.717, 1.165) is 11.1 Å². The van der Waals surface area contributed by atoms with Gasteiger partial charge >= 0.3 is 0 Å². The molecule has 0 bridgehead atoms. The van der Waals surface area contributed by atoms with Crippen molar-refractivity contribution in [2.75, 3.05) is 5.32 Å². The highest BCUT2D eigenvalue weighted by Crippen LogP contribution is 2.09. The Labute approximate surface area is 163 Å². The Balaban J connectivity index is 1.42. The summed E-state index contributed by atoms with van der Waals surface area (Å²) in [5, 5.41) is 2.80. The molecule has 0 saturated carbocycles. The first kappa shape index (κ1) is 19.3. The van der Waals surface area contributed by atoms with Crippen LogP contribution in [0.2, 0.25) is 0 Å². The number of pyridine rings is 1. The summed E-state index contributed by atoms with van der Waals surface area (Å²) >= 11 is 0. The minimum atomic E-state index is -0.309. The second-order valence-electron chi connectivity index (χ2n) is 6.19. The molecule has 0 aliphatic heterocycles. The minimum Gasteiger partial charge on any atom is -0.325 e. The van der Waals surface area contributed by atoms with Gasteiger partial charge in [0.05, 0.1) is 18.5 Å². The summed E-state index contributed by atoms with van der Waals surface area (Å²) in [6.45, 7) is 0.302. The first-order chi connectivity index (χ1) is 13.7. The van der Waals surface area contributed by atoms with Crippen molar-refractivity contribution in [3.63, 3.8) is 0 Å². The normalized spacial score (nSPS) is 10.3. The lowest BCUT2D eigenvalue weighted by Crippen LogP contribution is -2.23. The maximum atomic E-state index is 12.1. The first-order valence-electron chi connectivity index (χ1n) is 8.95. The molecule has 3 aromatic rings. The van der Waals surface area contributed by atoms with Crippen LogP contribution in [0.15, 0.2) is 79.1 Å². The van der Waals surface area contributed by atoms with Gasteiger partial charge in [-0.25, -0.2) is 5.48 Å². The quantitative estimate of drug-likeness (QED) is 0.591. The number of anilines is 1. The SMILES string of the molecule is O=C(CCc1ccc(C(=O)NOCc2ccccc2)cc1)Nc1cccnc1. The number of aryl methyl sites for hydroxylation is 1. The van der Waals surface area contributed by atoms with Crippen LogP contribution < -0.4 is 10.8 Å². The van der Waals surface area contributed by atoms with Crippen molar-refractivity contribution in [3.05, 3.63) is 95.8 Å². The molecule has 2 N–H and O–H groups in total. The molecule has 0 radical (unpaired) electrons. The van der Waals surface area contributed by atoms with Crippen LogP contribution in [0.1, 0.15) is 27.9 Å². The number of aromatic nitrogens is 1. The number of benzene rings is 2. The molecule has 142 valence electrons. The molecule has 0 unspecified atom stereocenters. The van der Waals surface area contributed by atoms with E-state index < -0.39 is 0 Å². The zero-order valence-corrected chi connectivity index (χ0v) is 15.3. The topological polar surface area (TPSA) is 80.3 Å². The molecule has 0 saturated heterocycles. The van der Waals surface area contributed by atoms with Crippen LogP contribution >= 0.6 is 0 Å². The Bertz CT molecular complexity index is 897. The molecule has 2 amide bonds. The largest absolute Gasteiger partial charge is 0.325 e. The molecule has 1 aromatic heterocycles. The van der Waals surface area contributed by atoms with Crippen molar-refractivity contribution in [2.24, 2.45) is 0 Å². The standard InChI is InChI=1S/C22H21N3O3/c26-21(24-20-7-4-14-23-15-20)13-10-17-8-11-19(12-9-17)22(27)25-28-16-18-5-2-1-3-6-18/h1-9,11-12,14-15H,10,13,16H2,(H,24,26)(H,25,27). The highest BCUT2D eigenvalue weighted by molar-refractivity contribution is 5.93. The van der Waals surface area contributed by atoms with Gasteiger partial charge in [-0.2, -0.15) is 0 Å². The number of nitrogens with zero attached hydrogens (tertiary/aromatic N) is 1. The summed E-state index contributed by atoms with van der Waals surface area (Å²) in [4.78, 5) is 33.3. The van der Waals surface area contributed by atoms with Gasteiger partial charge in [0.25, 0.3) is 5.91 Å². The molecular formula is C22H21N3O3. The van der Waals surface area contributed by atoms with Crippen molar-refractivity contribution < 1.29 is 14.4 Å². The number of rotatable bonds is 8. The highest BCUT2D eigenvalue weighted by Gasteiger charge is 2.07. The fourth-order valence-electron chi connectivity index (χ4n) is 2.56. The number of amides is 2. The molecule has 1 heterocycles. The Morgan fingerprint density at radius 3 is 2.39 bits per heavy atom. The Morgan fingerprint density at radius 2 is 1.68 bits per heavy atom. The zero-order valence-electron chi connectivity index (χ0n) is 15.3. The fraction of sp³-hybridized carbons (Fsp3) is 0.136. The summed E-state index contributed by atoms with van der Waals surface area (Å²) in [6.07, 6.45) is 4.18. The third-order valence-electron chi connectivity index (χ3n) is 4.05. The number of hydroxylamine groups is 1. The third kappa shape index (κ3) is 6.03.